The zero-order valence-electron chi connectivity index (χ0n) is 12.7. The molecule has 0 radical (unpaired) electrons. The van der Waals surface area contributed by atoms with Crippen LogP contribution in [0.25, 0.3) is 0 Å². The summed E-state index contributed by atoms with van der Waals surface area (Å²) in [5, 5.41) is 0.636. The molecule has 0 N–H and O–H groups in total. The maximum atomic E-state index is 12.1. The van der Waals surface area contributed by atoms with E-state index in [0.29, 0.717) is 29.2 Å². The van der Waals surface area contributed by atoms with Crippen molar-refractivity contribution in [3.05, 3.63) is 34.9 Å². The summed E-state index contributed by atoms with van der Waals surface area (Å²) in [6, 6.07) is 7.51. The minimum absolute atomic E-state index is 0. The Bertz CT molecular complexity index is 490. The number of piperidine rings is 2. The molecule has 0 aromatic heterocycles. The molecule has 0 amide bonds. The van der Waals surface area contributed by atoms with Gasteiger partial charge in [-0.1, -0.05) is 18.0 Å². The molecular weight excluding hydrogens is 321 g/mol. The number of carbonyl (C=O) groups excluding carboxylic acids is 1. The molecule has 2 aliphatic rings. The Kier molecular flexibility index (Phi) is 6.54. The zero-order valence-corrected chi connectivity index (χ0v) is 14.2. The van der Waals surface area contributed by atoms with Crippen LogP contribution in [0.1, 0.15) is 42.5 Å². The molecule has 2 fully saturated rings. The molecule has 22 heavy (non-hydrogen) atoms. The summed E-state index contributed by atoms with van der Waals surface area (Å²) >= 11 is 5.83. The van der Waals surface area contributed by atoms with Crippen LogP contribution in [-0.4, -0.2) is 36.6 Å². The minimum atomic E-state index is -0.236. The van der Waals surface area contributed by atoms with Crippen molar-refractivity contribution in [2.24, 2.45) is 5.92 Å². The average Bonchev–Trinajstić information content (AvgIpc) is 2.53. The van der Waals surface area contributed by atoms with Crippen LogP contribution in [0.15, 0.2) is 24.3 Å². The molecule has 0 aliphatic carbocycles. The first-order valence-electron chi connectivity index (χ1n) is 7.91. The second kappa shape index (κ2) is 8.19. The van der Waals surface area contributed by atoms with Crippen LogP contribution in [0.5, 0.6) is 0 Å². The van der Waals surface area contributed by atoms with E-state index in [-0.39, 0.29) is 18.4 Å². The van der Waals surface area contributed by atoms with Gasteiger partial charge in [-0.3, -0.25) is 4.90 Å². The van der Waals surface area contributed by atoms with Crippen molar-refractivity contribution in [1.29, 1.82) is 0 Å². The Morgan fingerprint density at radius 1 is 1.14 bits per heavy atom. The number of ether oxygens (including phenoxy) is 1. The molecule has 5 heteroatoms. The highest BCUT2D eigenvalue weighted by Gasteiger charge is 2.33. The summed E-state index contributed by atoms with van der Waals surface area (Å²) in [7, 11) is 0. The standard InChI is InChI=1S/C17H22ClNO2.ClH/c18-15-8-6-13(7-9-15)17(20)21-12-14-4-3-11-19-10-2-1-5-16(14)19;/h6-9,14,16H,1-5,10-12H2;1H/t14-,16+;/m0./s1. The molecule has 0 bridgehead atoms. The predicted molar refractivity (Wildman–Crippen MR) is 90.9 cm³/mol. The lowest BCUT2D eigenvalue weighted by molar-refractivity contribution is 0.00739. The van der Waals surface area contributed by atoms with Crippen molar-refractivity contribution in [3.8, 4) is 0 Å². The number of halogens is 2. The van der Waals surface area contributed by atoms with E-state index in [1.165, 1.54) is 45.2 Å². The van der Waals surface area contributed by atoms with Gasteiger partial charge in [-0.05, 0) is 63.0 Å². The molecule has 2 aliphatic heterocycles. The molecule has 1 aromatic carbocycles. The second-order valence-corrected chi connectivity index (χ2v) is 6.54. The largest absolute Gasteiger partial charge is 0.462 e. The van der Waals surface area contributed by atoms with E-state index in [1.807, 2.05) is 0 Å². The number of hydrogen-bond acceptors (Lipinski definition) is 3. The summed E-state index contributed by atoms with van der Waals surface area (Å²) in [6.45, 7) is 2.97. The topological polar surface area (TPSA) is 29.5 Å². The number of hydrogen-bond donors (Lipinski definition) is 0. The van der Waals surface area contributed by atoms with Gasteiger partial charge in [0.1, 0.15) is 0 Å². The highest BCUT2D eigenvalue weighted by atomic mass is 35.5. The van der Waals surface area contributed by atoms with Gasteiger partial charge in [0.25, 0.3) is 0 Å². The summed E-state index contributed by atoms with van der Waals surface area (Å²) < 4.78 is 5.55. The van der Waals surface area contributed by atoms with Crippen molar-refractivity contribution < 1.29 is 9.53 Å². The first-order chi connectivity index (χ1) is 10.2. The Labute approximate surface area is 143 Å². The summed E-state index contributed by atoms with van der Waals surface area (Å²) in [4.78, 5) is 14.7. The SMILES string of the molecule is Cl.O=C(OC[C@@H]1CCCN2CCCC[C@H]12)c1ccc(Cl)cc1. The second-order valence-electron chi connectivity index (χ2n) is 6.11. The van der Waals surface area contributed by atoms with Gasteiger partial charge in [0, 0.05) is 17.0 Å². The Balaban J connectivity index is 0.00000176. The number of fused-ring (bicyclic) bond motifs is 1. The minimum Gasteiger partial charge on any atom is -0.462 e. The monoisotopic (exact) mass is 343 g/mol. The van der Waals surface area contributed by atoms with Crippen LogP contribution >= 0.6 is 24.0 Å². The molecule has 1 aromatic rings. The van der Waals surface area contributed by atoms with Crippen LogP contribution < -0.4 is 0 Å². The molecule has 2 heterocycles. The Hall–Kier alpha value is -0.770. The van der Waals surface area contributed by atoms with E-state index in [1.54, 1.807) is 24.3 Å². The normalized spacial score (nSPS) is 25.0. The lowest BCUT2D eigenvalue weighted by Crippen LogP contribution is -2.49. The maximum absolute atomic E-state index is 12.1. The fourth-order valence-electron chi connectivity index (χ4n) is 3.62. The van der Waals surface area contributed by atoms with Crippen LogP contribution in [-0.2, 0) is 4.74 Å². The van der Waals surface area contributed by atoms with Gasteiger partial charge in [-0.25, -0.2) is 4.79 Å². The predicted octanol–water partition coefficient (Wildman–Crippen LogP) is 4.18. The van der Waals surface area contributed by atoms with Gasteiger partial charge in [-0.2, -0.15) is 0 Å². The first kappa shape index (κ1) is 17.6. The Morgan fingerprint density at radius 2 is 1.86 bits per heavy atom. The third-order valence-electron chi connectivity index (χ3n) is 4.74. The van der Waals surface area contributed by atoms with Crippen LogP contribution in [0.3, 0.4) is 0 Å². The molecule has 2 saturated heterocycles. The first-order valence-corrected chi connectivity index (χ1v) is 8.28. The number of carbonyl (C=O) groups is 1. The zero-order chi connectivity index (χ0) is 14.7. The lowest BCUT2D eigenvalue weighted by atomic mass is 9.84. The van der Waals surface area contributed by atoms with Crippen molar-refractivity contribution >= 4 is 30.0 Å². The van der Waals surface area contributed by atoms with Crippen LogP contribution in [0.4, 0.5) is 0 Å². The molecule has 3 rings (SSSR count). The lowest BCUT2D eigenvalue weighted by Gasteiger charge is -2.44. The van der Waals surface area contributed by atoms with E-state index in [4.69, 9.17) is 16.3 Å². The third-order valence-corrected chi connectivity index (χ3v) is 4.99. The number of benzene rings is 1. The summed E-state index contributed by atoms with van der Waals surface area (Å²) in [6.07, 6.45) is 6.27. The van der Waals surface area contributed by atoms with Crippen LogP contribution in [0.2, 0.25) is 5.02 Å². The maximum Gasteiger partial charge on any atom is 0.338 e. The van der Waals surface area contributed by atoms with Crippen LogP contribution in [0, 0.1) is 5.92 Å². The van der Waals surface area contributed by atoms with Crippen molar-refractivity contribution in [2.45, 2.75) is 38.1 Å². The molecule has 122 valence electrons. The molecule has 0 saturated carbocycles. The van der Waals surface area contributed by atoms with Gasteiger partial charge < -0.3 is 4.74 Å². The average molecular weight is 344 g/mol. The molecule has 0 spiro atoms. The smallest absolute Gasteiger partial charge is 0.338 e. The van der Waals surface area contributed by atoms with Crippen molar-refractivity contribution in [3.63, 3.8) is 0 Å². The molecular formula is C17H23Cl2NO2. The van der Waals surface area contributed by atoms with E-state index in [2.05, 4.69) is 4.90 Å². The highest BCUT2D eigenvalue weighted by molar-refractivity contribution is 6.30. The van der Waals surface area contributed by atoms with Gasteiger partial charge in [0.05, 0.1) is 12.2 Å². The fourth-order valence-corrected chi connectivity index (χ4v) is 3.75. The van der Waals surface area contributed by atoms with E-state index in [9.17, 15) is 4.79 Å². The highest BCUT2D eigenvalue weighted by Crippen LogP contribution is 2.31. The fraction of sp³-hybridized carbons (Fsp3) is 0.588. The molecule has 3 nitrogen and oxygen atoms in total. The van der Waals surface area contributed by atoms with Gasteiger partial charge >= 0.3 is 5.97 Å². The number of rotatable bonds is 3. The van der Waals surface area contributed by atoms with E-state index < -0.39 is 0 Å². The van der Waals surface area contributed by atoms with Crippen molar-refractivity contribution in [2.75, 3.05) is 19.7 Å². The number of esters is 1. The molecule has 2 atom stereocenters. The number of nitrogens with zero attached hydrogens (tertiary/aromatic N) is 1. The third kappa shape index (κ3) is 4.15. The van der Waals surface area contributed by atoms with Crippen molar-refractivity contribution in [1.82, 2.24) is 4.90 Å². The summed E-state index contributed by atoms with van der Waals surface area (Å²) in [5.41, 5.74) is 0.579. The Morgan fingerprint density at radius 3 is 2.64 bits per heavy atom. The summed E-state index contributed by atoms with van der Waals surface area (Å²) in [5.74, 6) is 0.259. The van der Waals surface area contributed by atoms with Gasteiger partial charge in [0.2, 0.25) is 0 Å². The van der Waals surface area contributed by atoms with Gasteiger partial charge in [-0.15, -0.1) is 12.4 Å². The van der Waals surface area contributed by atoms with Gasteiger partial charge in [0.15, 0.2) is 0 Å². The molecule has 0 unspecified atom stereocenters. The van der Waals surface area contributed by atoms with E-state index >= 15 is 0 Å². The van der Waals surface area contributed by atoms with E-state index in [0.717, 1.165) is 0 Å². The quantitative estimate of drug-likeness (QED) is 0.771.